The molecular formula is C17H15NO2. The molecule has 2 aromatic carbocycles. The lowest BCUT2D eigenvalue weighted by Crippen LogP contribution is -2.23. The first-order valence-corrected chi connectivity index (χ1v) is 6.60. The van der Waals surface area contributed by atoms with Crippen LogP contribution in [0.1, 0.15) is 22.6 Å². The quantitative estimate of drug-likeness (QED) is 0.852. The molecule has 1 aliphatic carbocycles. The lowest BCUT2D eigenvalue weighted by molar-refractivity contribution is 0.273. The van der Waals surface area contributed by atoms with Crippen LogP contribution >= 0.6 is 0 Å². The van der Waals surface area contributed by atoms with Gasteiger partial charge in [-0.3, -0.25) is 0 Å². The number of hydrogen-bond donors (Lipinski definition) is 0. The molecule has 0 spiro atoms. The van der Waals surface area contributed by atoms with E-state index >= 15 is 0 Å². The van der Waals surface area contributed by atoms with E-state index in [1.54, 1.807) is 19.2 Å². The van der Waals surface area contributed by atoms with E-state index in [0.717, 1.165) is 6.42 Å². The van der Waals surface area contributed by atoms with Crippen molar-refractivity contribution in [1.82, 2.24) is 0 Å². The van der Waals surface area contributed by atoms with Gasteiger partial charge in [0, 0.05) is 12.0 Å². The normalized spacial score (nSPS) is 15.7. The number of methoxy groups -OCH3 is 1. The Balaban J connectivity index is 1.69. The van der Waals surface area contributed by atoms with Gasteiger partial charge in [-0.1, -0.05) is 24.3 Å². The van der Waals surface area contributed by atoms with Crippen molar-refractivity contribution in [3.05, 3.63) is 59.2 Å². The third kappa shape index (κ3) is 2.33. The molecule has 100 valence electrons. The molecule has 0 aliphatic heterocycles. The first-order valence-electron chi connectivity index (χ1n) is 6.60. The maximum atomic E-state index is 8.99. The SMILES string of the molecule is COc1cc(C#N)cc(OCC2Cc3ccccc32)c1. The molecule has 1 aliphatic rings. The van der Waals surface area contributed by atoms with Gasteiger partial charge in [-0.15, -0.1) is 0 Å². The van der Waals surface area contributed by atoms with Crippen LogP contribution in [0.25, 0.3) is 0 Å². The summed E-state index contributed by atoms with van der Waals surface area (Å²) in [5, 5.41) is 8.99. The molecule has 0 aromatic heterocycles. The zero-order valence-corrected chi connectivity index (χ0v) is 11.3. The summed E-state index contributed by atoms with van der Waals surface area (Å²) in [5.74, 6) is 1.78. The molecule has 0 saturated carbocycles. The molecule has 0 bridgehead atoms. The van der Waals surface area contributed by atoms with Gasteiger partial charge in [0.25, 0.3) is 0 Å². The van der Waals surface area contributed by atoms with Crippen molar-refractivity contribution in [2.24, 2.45) is 0 Å². The second kappa shape index (κ2) is 5.26. The average Bonchev–Trinajstić information content (AvgIpc) is 2.47. The second-order valence-corrected chi connectivity index (χ2v) is 4.92. The van der Waals surface area contributed by atoms with Gasteiger partial charge in [-0.25, -0.2) is 0 Å². The maximum Gasteiger partial charge on any atom is 0.124 e. The summed E-state index contributed by atoms with van der Waals surface area (Å²) >= 11 is 0. The summed E-state index contributed by atoms with van der Waals surface area (Å²) < 4.78 is 11.0. The number of ether oxygens (including phenoxy) is 2. The van der Waals surface area contributed by atoms with Gasteiger partial charge in [0.2, 0.25) is 0 Å². The van der Waals surface area contributed by atoms with Crippen molar-refractivity contribution in [2.45, 2.75) is 12.3 Å². The molecule has 2 aromatic rings. The van der Waals surface area contributed by atoms with Crippen molar-refractivity contribution >= 4 is 0 Å². The molecular weight excluding hydrogens is 250 g/mol. The molecule has 0 N–H and O–H groups in total. The summed E-state index contributed by atoms with van der Waals surface area (Å²) in [5.41, 5.74) is 3.33. The van der Waals surface area contributed by atoms with Crippen LogP contribution in [0.2, 0.25) is 0 Å². The number of hydrogen-bond acceptors (Lipinski definition) is 3. The van der Waals surface area contributed by atoms with Gasteiger partial charge in [0.1, 0.15) is 11.5 Å². The van der Waals surface area contributed by atoms with E-state index in [2.05, 4.69) is 30.3 Å². The molecule has 20 heavy (non-hydrogen) atoms. The second-order valence-electron chi connectivity index (χ2n) is 4.92. The summed E-state index contributed by atoms with van der Waals surface area (Å²) in [7, 11) is 1.59. The van der Waals surface area contributed by atoms with Gasteiger partial charge in [0.05, 0.1) is 25.3 Å². The Morgan fingerprint density at radius 3 is 2.75 bits per heavy atom. The summed E-state index contributed by atoms with van der Waals surface area (Å²) in [6, 6.07) is 15.8. The largest absolute Gasteiger partial charge is 0.497 e. The summed E-state index contributed by atoms with van der Waals surface area (Å²) in [6.45, 7) is 0.634. The molecule has 0 heterocycles. The van der Waals surface area contributed by atoms with Gasteiger partial charge < -0.3 is 9.47 Å². The zero-order valence-electron chi connectivity index (χ0n) is 11.3. The Bertz CT molecular complexity index is 673. The standard InChI is InChI=1S/C17H15NO2/c1-19-15-6-12(10-18)7-16(9-15)20-11-14-8-13-4-2-3-5-17(13)14/h2-7,9,14H,8,11H2,1H3. The molecule has 1 unspecified atom stereocenters. The average molecular weight is 265 g/mol. The van der Waals surface area contributed by atoms with Crippen LogP contribution in [0, 0.1) is 11.3 Å². The van der Waals surface area contributed by atoms with Crippen LogP contribution in [0.15, 0.2) is 42.5 Å². The van der Waals surface area contributed by atoms with Crippen LogP contribution in [0.4, 0.5) is 0 Å². The van der Waals surface area contributed by atoms with Crippen molar-refractivity contribution in [3.8, 4) is 17.6 Å². The lowest BCUT2D eigenvalue weighted by atomic mass is 9.78. The Morgan fingerprint density at radius 1 is 1.20 bits per heavy atom. The Morgan fingerprint density at radius 2 is 2.00 bits per heavy atom. The third-order valence-corrected chi connectivity index (χ3v) is 3.66. The fourth-order valence-electron chi connectivity index (χ4n) is 2.55. The van der Waals surface area contributed by atoms with Crippen LogP contribution in [-0.4, -0.2) is 13.7 Å². The van der Waals surface area contributed by atoms with Crippen molar-refractivity contribution in [3.63, 3.8) is 0 Å². The zero-order chi connectivity index (χ0) is 13.9. The van der Waals surface area contributed by atoms with Crippen LogP contribution in [-0.2, 0) is 6.42 Å². The van der Waals surface area contributed by atoms with Crippen molar-refractivity contribution < 1.29 is 9.47 Å². The highest BCUT2D eigenvalue weighted by atomic mass is 16.5. The minimum Gasteiger partial charge on any atom is -0.497 e. The Hall–Kier alpha value is -2.47. The van der Waals surface area contributed by atoms with Crippen molar-refractivity contribution in [1.29, 1.82) is 5.26 Å². The number of rotatable bonds is 4. The van der Waals surface area contributed by atoms with Gasteiger partial charge >= 0.3 is 0 Å². The number of nitriles is 1. The highest BCUT2D eigenvalue weighted by molar-refractivity contribution is 5.44. The molecule has 1 atom stereocenters. The molecule has 0 fully saturated rings. The van der Waals surface area contributed by atoms with E-state index in [-0.39, 0.29) is 0 Å². The predicted octanol–water partition coefficient (Wildman–Crippen LogP) is 3.29. The van der Waals surface area contributed by atoms with E-state index < -0.39 is 0 Å². The monoisotopic (exact) mass is 265 g/mol. The van der Waals surface area contributed by atoms with Crippen molar-refractivity contribution in [2.75, 3.05) is 13.7 Å². The molecule has 0 saturated heterocycles. The van der Waals surface area contributed by atoms with Gasteiger partial charge in [-0.05, 0) is 29.7 Å². The molecule has 0 radical (unpaired) electrons. The Kier molecular flexibility index (Phi) is 3.30. The first kappa shape index (κ1) is 12.6. The van der Waals surface area contributed by atoms with E-state index in [1.165, 1.54) is 11.1 Å². The van der Waals surface area contributed by atoms with E-state index in [1.807, 2.05) is 6.07 Å². The minimum atomic E-state index is 0.447. The minimum absolute atomic E-state index is 0.447. The summed E-state index contributed by atoms with van der Waals surface area (Å²) in [6.07, 6.45) is 1.06. The van der Waals surface area contributed by atoms with Crippen LogP contribution in [0.3, 0.4) is 0 Å². The topological polar surface area (TPSA) is 42.2 Å². The molecule has 0 amide bonds. The number of nitrogens with zero attached hydrogens (tertiary/aromatic N) is 1. The highest BCUT2D eigenvalue weighted by Crippen LogP contribution is 2.35. The van der Waals surface area contributed by atoms with Crippen LogP contribution < -0.4 is 9.47 Å². The maximum absolute atomic E-state index is 8.99. The predicted molar refractivity (Wildman–Crippen MR) is 76.1 cm³/mol. The third-order valence-electron chi connectivity index (χ3n) is 3.66. The number of benzene rings is 2. The van der Waals surface area contributed by atoms with E-state index in [4.69, 9.17) is 14.7 Å². The number of fused-ring (bicyclic) bond motifs is 1. The van der Waals surface area contributed by atoms with E-state index in [0.29, 0.717) is 29.6 Å². The highest BCUT2D eigenvalue weighted by Gasteiger charge is 2.25. The van der Waals surface area contributed by atoms with Gasteiger partial charge in [0.15, 0.2) is 0 Å². The Labute approximate surface area is 118 Å². The van der Waals surface area contributed by atoms with Crippen LogP contribution in [0.5, 0.6) is 11.5 Å². The van der Waals surface area contributed by atoms with E-state index in [9.17, 15) is 0 Å². The van der Waals surface area contributed by atoms with Gasteiger partial charge in [-0.2, -0.15) is 5.26 Å². The fraction of sp³-hybridized carbons (Fsp3) is 0.235. The lowest BCUT2D eigenvalue weighted by Gasteiger charge is -2.29. The molecule has 3 heteroatoms. The smallest absolute Gasteiger partial charge is 0.124 e. The summed E-state index contributed by atoms with van der Waals surface area (Å²) in [4.78, 5) is 0. The first-order chi connectivity index (χ1) is 9.80. The fourth-order valence-corrected chi connectivity index (χ4v) is 2.55. The molecule has 3 rings (SSSR count). The molecule has 3 nitrogen and oxygen atoms in total.